The molecule has 1 aliphatic rings. The third-order valence-corrected chi connectivity index (χ3v) is 2.30. The topological polar surface area (TPSA) is 62.6 Å². The van der Waals surface area contributed by atoms with Crippen molar-refractivity contribution in [2.24, 2.45) is 0 Å². The fraction of sp³-hybridized carbons (Fsp3) is 0.400. The number of hydrogen-bond acceptors (Lipinski definition) is 4. The van der Waals surface area contributed by atoms with Gasteiger partial charge in [-0.05, 0) is 12.1 Å². The first-order valence-electron chi connectivity index (χ1n) is 4.81. The first-order valence-corrected chi connectivity index (χ1v) is 4.81. The van der Waals surface area contributed by atoms with Crippen LogP contribution in [0.25, 0.3) is 0 Å². The van der Waals surface area contributed by atoms with Crippen LogP contribution < -0.4 is 5.32 Å². The van der Waals surface area contributed by atoms with Gasteiger partial charge in [-0.1, -0.05) is 0 Å². The zero-order chi connectivity index (χ0) is 10.7. The minimum absolute atomic E-state index is 0.0309. The number of rotatable bonds is 3. The normalized spacial score (nSPS) is 17.5. The van der Waals surface area contributed by atoms with Crippen LogP contribution in [0.15, 0.2) is 16.5 Å². The van der Waals surface area contributed by atoms with E-state index in [0.29, 0.717) is 37.4 Å². The molecule has 2 heterocycles. The van der Waals surface area contributed by atoms with Crippen LogP contribution in [0.5, 0.6) is 0 Å². The Hall–Kier alpha value is -1.62. The predicted octanol–water partition coefficient (Wildman–Crippen LogP) is 0.0239. The number of amides is 1. The molecule has 1 aliphatic heterocycles. The van der Waals surface area contributed by atoms with E-state index in [2.05, 4.69) is 5.32 Å². The van der Waals surface area contributed by atoms with E-state index in [0.717, 1.165) is 6.54 Å². The van der Waals surface area contributed by atoms with Gasteiger partial charge in [0.1, 0.15) is 5.76 Å². The summed E-state index contributed by atoms with van der Waals surface area (Å²) in [5.74, 6) is 1.07. The van der Waals surface area contributed by atoms with Gasteiger partial charge in [0.05, 0.1) is 13.1 Å². The smallest absolute Gasteiger partial charge is 0.234 e. The van der Waals surface area contributed by atoms with E-state index >= 15 is 0 Å². The van der Waals surface area contributed by atoms with Crippen molar-refractivity contribution < 1.29 is 14.0 Å². The summed E-state index contributed by atoms with van der Waals surface area (Å²) in [6, 6.07) is 3.39. The molecule has 15 heavy (non-hydrogen) atoms. The SMILES string of the molecule is O=Cc1ccc(CN2CCNC(=O)C2)o1. The van der Waals surface area contributed by atoms with Crippen LogP contribution in [-0.2, 0) is 11.3 Å². The standard InChI is InChI=1S/C10H12N2O3/c13-7-9-2-1-8(15-9)5-12-4-3-11-10(14)6-12/h1-2,7H,3-6H2,(H,11,14). The van der Waals surface area contributed by atoms with E-state index in [1.54, 1.807) is 12.1 Å². The molecule has 2 rings (SSSR count). The highest BCUT2D eigenvalue weighted by atomic mass is 16.3. The van der Waals surface area contributed by atoms with Crippen LogP contribution in [0.3, 0.4) is 0 Å². The molecule has 0 spiro atoms. The highest BCUT2D eigenvalue weighted by molar-refractivity contribution is 5.78. The van der Waals surface area contributed by atoms with Gasteiger partial charge in [-0.25, -0.2) is 0 Å². The number of piperazine rings is 1. The summed E-state index contributed by atoms with van der Waals surface area (Å²) in [4.78, 5) is 23.5. The largest absolute Gasteiger partial charge is 0.457 e. The maximum Gasteiger partial charge on any atom is 0.234 e. The lowest BCUT2D eigenvalue weighted by molar-refractivity contribution is -0.124. The van der Waals surface area contributed by atoms with Crippen molar-refractivity contribution in [3.8, 4) is 0 Å². The second kappa shape index (κ2) is 4.27. The number of nitrogens with one attached hydrogen (secondary N) is 1. The first kappa shape index (κ1) is 9.92. The molecule has 0 radical (unpaired) electrons. The van der Waals surface area contributed by atoms with Gasteiger partial charge in [-0.3, -0.25) is 14.5 Å². The molecule has 0 aromatic carbocycles. The van der Waals surface area contributed by atoms with E-state index < -0.39 is 0 Å². The Morgan fingerprint density at radius 1 is 1.53 bits per heavy atom. The molecule has 5 nitrogen and oxygen atoms in total. The Labute approximate surface area is 87.0 Å². The Morgan fingerprint density at radius 2 is 2.40 bits per heavy atom. The van der Waals surface area contributed by atoms with Crippen LogP contribution in [0.4, 0.5) is 0 Å². The molecule has 1 saturated heterocycles. The Morgan fingerprint density at radius 3 is 3.07 bits per heavy atom. The van der Waals surface area contributed by atoms with Gasteiger partial charge in [0.15, 0.2) is 12.0 Å². The molecule has 0 bridgehead atoms. The first-order chi connectivity index (χ1) is 7.28. The van der Waals surface area contributed by atoms with Crippen LogP contribution in [0.1, 0.15) is 16.3 Å². The molecule has 0 saturated carbocycles. The molecular weight excluding hydrogens is 196 g/mol. The minimum Gasteiger partial charge on any atom is -0.457 e. The molecule has 1 aromatic rings. The summed E-state index contributed by atoms with van der Waals surface area (Å²) >= 11 is 0. The van der Waals surface area contributed by atoms with Gasteiger partial charge in [-0.2, -0.15) is 0 Å². The average molecular weight is 208 g/mol. The van der Waals surface area contributed by atoms with E-state index in [4.69, 9.17) is 4.42 Å². The van der Waals surface area contributed by atoms with Crippen molar-refractivity contribution in [1.82, 2.24) is 10.2 Å². The number of aldehydes is 1. The fourth-order valence-corrected chi connectivity index (χ4v) is 1.59. The van der Waals surface area contributed by atoms with E-state index in [1.807, 2.05) is 4.90 Å². The Bertz CT molecular complexity index is 372. The lowest BCUT2D eigenvalue weighted by Crippen LogP contribution is -2.47. The number of hydrogen-bond donors (Lipinski definition) is 1. The highest BCUT2D eigenvalue weighted by Crippen LogP contribution is 2.09. The molecule has 5 heteroatoms. The predicted molar refractivity (Wildman–Crippen MR) is 52.4 cm³/mol. The summed E-state index contributed by atoms with van der Waals surface area (Å²) in [6.45, 7) is 2.43. The third-order valence-electron chi connectivity index (χ3n) is 2.30. The van der Waals surface area contributed by atoms with Crippen LogP contribution >= 0.6 is 0 Å². The summed E-state index contributed by atoms with van der Waals surface area (Å²) in [6.07, 6.45) is 0.673. The Balaban J connectivity index is 1.95. The van der Waals surface area contributed by atoms with E-state index in [-0.39, 0.29) is 5.91 Å². The second-order valence-electron chi connectivity index (χ2n) is 3.48. The number of nitrogens with zero attached hydrogens (tertiary/aromatic N) is 1. The monoisotopic (exact) mass is 208 g/mol. The maximum atomic E-state index is 11.1. The van der Waals surface area contributed by atoms with Crippen molar-refractivity contribution in [2.45, 2.75) is 6.54 Å². The minimum atomic E-state index is 0.0309. The van der Waals surface area contributed by atoms with Crippen LogP contribution in [0, 0.1) is 0 Å². The van der Waals surface area contributed by atoms with E-state index in [1.165, 1.54) is 0 Å². The van der Waals surface area contributed by atoms with Gasteiger partial charge in [0.25, 0.3) is 0 Å². The fourth-order valence-electron chi connectivity index (χ4n) is 1.59. The van der Waals surface area contributed by atoms with Crippen molar-refractivity contribution in [3.05, 3.63) is 23.7 Å². The summed E-state index contributed by atoms with van der Waals surface area (Å²) in [5.41, 5.74) is 0. The van der Waals surface area contributed by atoms with Crippen molar-refractivity contribution in [3.63, 3.8) is 0 Å². The molecule has 1 aromatic heterocycles. The molecule has 1 fully saturated rings. The number of carbonyl (C=O) groups is 2. The molecule has 0 atom stereocenters. The van der Waals surface area contributed by atoms with Crippen molar-refractivity contribution in [2.75, 3.05) is 19.6 Å². The Kier molecular flexibility index (Phi) is 2.82. The zero-order valence-electron chi connectivity index (χ0n) is 8.23. The molecule has 0 unspecified atom stereocenters. The van der Waals surface area contributed by atoms with Crippen molar-refractivity contribution >= 4 is 12.2 Å². The molecule has 80 valence electrons. The number of furan rings is 1. The number of carbonyl (C=O) groups excluding carboxylic acids is 2. The van der Waals surface area contributed by atoms with Crippen LogP contribution in [0.2, 0.25) is 0 Å². The molecule has 1 amide bonds. The summed E-state index contributed by atoms with van der Waals surface area (Å²) in [7, 11) is 0. The lowest BCUT2D eigenvalue weighted by Gasteiger charge is -2.25. The maximum absolute atomic E-state index is 11.1. The molecule has 1 N–H and O–H groups in total. The van der Waals surface area contributed by atoms with Gasteiger partial charge in [-0.15, -0.1) is 0 Å². The quantitative estimate of drug-likeness (QED) is 0.711. The lowest BCUT2D eigenvalue weighted by atomic mass is 10.3. The molecular formula is C10H12N2O3. The van der Waals surface area contributed by atoms with Gasteiger partial charge in [0, 0.05) is 13.1 Å². The third kappa shape index (κ3) is 2.44. The molecule has 0 aliphatic carbocycles. The highest BCUT2D eigenvalue weighted by Gasteiger charge is 2.17. The van der Waals surface area contributed by atoms with Gasteiger partial charge >= 0.3 is 0 Å². The van der Waals surface area contributed by atoms with Crippen LogP contribution in [-0.4, -0.2) is 36.7 Å². The average Bonchev–Trinajstić information content (AvgIpc) is 2.65. The van der Waals surface area contributed by atoms with Gasteiger partial charge < -0.3 is 9.73 Å². The van der Waals surface area contributed by atoms with Crippen molar-refractivity contribution in [1.29, 1.82) is 0 Å². The van der Waals surface area contributed by atoms with E-state index in [9.17, 15) is 9.59 Å². The second-order valence-corrected chi connectivity index (χ2v) is 3.48. The summed E-state index contributed by atoms with van der Waals surface area (Å²) < 4.78 is 5.23. The zero-order valence-corrected chi connectivity index (χ0v) is 8.23. The summed E-state index contributed by atoms with van der Waals surface area (Å²) in [5, 5.41) is 2.75. The van der Waals surface area contributed by atoms with Gasteiger partial charge in [0.2, 0.25) is 5.91 Å².